The number of nitrogens with zero attached hydrogens (tertiary/aromatic N) is 4. The first kappa shape index (κ1) is 25.2. The first-order chi connectivity index (χ1) is 15.5. The van der Waals surface area contributed by atoms with Crippen molar-refractivity contribution in [1.82, 2.24) is 0 Å². The summed E-state index contributed by atoms with van der Waals surface area (Å²) in [5.74, 6) is -2.64. The SMILES string of the molecule is F[B-](F)(F)F.N#[N+]c1c(C(=O)[O-])sc2ccccc12.N#[N+]c1c(C(=O)[O-])sc2ccccc12.[H+]. The van der Waals surface area contributed by atoms with Gasteiger partial charge >= 0.3 is 20.1 Å². The number of hydrogen-bond donors (Lipinski definition) is 0. The monoisotopic (exact) mass is 496 g/mol. The molecule has 33 heavy (non-hydrogen) atoms. The van der Waals surface area contributed by atoms with Crippen LogP contribution in [0.5, 0.6) is 0 Å². The summed E-state index contributed by atoms with van der Waals surface area (Å²) < 4.78 is 40.5. The van der Waals surface area contributed by atoms with Crippen molar-refractivity contribution in [2.45, 2.75) is 0 Å². The third kappa shape index (κ3) is 6.45. The molecule has 0 atom stereocenters. The molecule has 0 unspecified atom stereocenters. The minimum absolute atomic E-state index is 0. The van der Waals surface area contributed by atoms with Crippen LogP contribution in [0.4, 0.5) is 28.6 Å². The van der Waals surface area contributed by atoms with Crippen molar-refractivity contribution in [2.75, 3.05) is 0 Å². The predicted molar refractivity (Wildman–Crippen MR) is 113 cm³/mol. The van der Waals surface area contributed by atoms with E-state index in [-0.39, 0.29) is 22.6 Å². The lowest BCUT2D eigenvalue weighted by atomic mass is 10.2. The molecular weight excluding hydrogens is 487 g/mol. The molecule has 0 fully saturated rings. The number of thiophene rings is 2. The Morgan fingerprint density at radius 3 is 1.33 bits per heavy atom. The van der Waals surface area contributed by atoms with E-state index in [1.54, 1.807) is 48.5 Å². The Morgan fingerprint density at radius 1 is 0.758 bits per heavy atom. The minimum Gasteiger partial charge on any atom is -0.544 e. The van der Waals surface area contributed by atoms with Gasteiger partial charge in [-0.25, -0.2) is 0 Å². The third-order valence-electron chi connectivity index (χ3n) is 3.71. The highest BCUT2D eigenvalue weighted by Gasteiger charge is 2.24. The fraction of sp³-hybridized carbons (Fsp3) is 0. The maximum absolute atomic E-state index is 10.7. The average Bonchev–Trinajstić information content (AvgIpc) is 3.31. The zero-order valence-electron chi connectivity index (χ0n) is 16.9. The highest BCUT2D eigenvalue weighted by Crippen LogP contribution is 2.38. The van der Waals surface area contributed by atoms with Crippen molar-refractivity contribution in [3.63, 3.8) is 0 Å². The lowest BCUT2D eigenvalue weighted by molar-refractivity contribution is -0.255. The molecule has 0 aliphatic carbocycles. The smallest absolute Gasteiger partial charge is 0.544 e. The maximum atomic E-state index is 10.7. The van der Waals surface area contributed by atoms with Crippen LogP contribution in [-0.2, 0) is 0 Å². The number of carbonyl (C=O) groups excluding carboxylic acids is 2. The Labute approximate surface area is 191 Å². The van der Waals surface area contributed by atoms with Crippen LogP contribution in [-0.4, -0.2) is 19.2 Å². The van der Waals surface area contributed by atoms with Crippen LogP contribution in [0, 0.1) is 10.8 Å². The first-order valence-corrected chi connectivity index (χ1v) is 10.1. The number of rotatable bonds is 2. The number of aromatic carboxylic acids is 2. The van der Waals surface area contributed by atoms with Crippen LogP contribution in [0.3, 0.4) is 0 Å². The molecule has 0 aliphatic rings. The summed E-state index contributed by atoms with van der Waals surface area (Å²) in [5, 5.41) is 40.0. The lowest BCUT2D eigenvalue weighted by Crippen LogP contribution is -2.20. The zero-order valence-corrected chi connectivity index (χ0v) is 17.6. The molecule has 0 amide bonds. The highest BCUT2D eigenvalue weighted by molar-refractivity contribution is 7.21. The van der Waals surface area contributed by atoms with Crippen LogP contribution >= 0.6 is 22.7 Å². The second-order valence-corrected chi connectivity index (χ2v) is 7.93. The highest BCUT2D eigenvalue weighted by atomic mass is 32.1. The number of diazo groups is 2. The van der Waals surface area contributed by atoms with Gasteiger partial charge in [0.05, 0.1) is 22.7 Å². The number of carboxylic acids is 2. The van der Waals surface area contributed by atoms with E-state index in [1.807, 2.05) is 0 Å². The van der Waals surface area contributed by atoms with Crippen LogP contribution in [0.2, 0.25) is 0 Å². The van der Waals surface area contributed by atoms with E-state index >= 15 is 0 Å². The van der Waals surface area contributed by atoms with E-state index in [0.717, 1.165) is 32.1 Å². The van der Waals surface area contributed by atoms with Gasteiger partial charge in [-0.05, 0) is 24.3 Å². The summed E-state index contributed by atoms with van der Waals surface area (Å²) in [4.78, 5) is 27.2. The number of carbonyl (C=O) groups is 2. The minimum atomic E-state index is -6.00. The van der Waals surface area contributed by atoms with Gasteiger partial charge in [0.2, 0.25) is 10.8 Å². The molecular formula is C18H9BF4N4O4S2. The number of carboxylic acid groups (broad SMARTS) is 2. The second kappa shape index (κ2) is 10.5. The van der Waals surface area contributed by atoms with E-state index in [2.05, 4.69) is 9.95 Å². The van der Waals surface area contributed by atoms with Gasteiger partial charge in [0.15, 0.2) is 9.95 Å². The Morgan fingerprint density at radius 2 is 1.06 bits per heavy atom. The van der Waals surface area contributed by atoms with Gasteiger partial charge in [-0.1, -0.05) is 24.3 Å². The van der Waals surface area contributed by atoms with Crippen LogP contribution in [0.1, 0.15) is 20.8 Å². The zero-order chi connectivity index (χ0) is 24.8. The summed E-state index contributed by atoms with van der Waals surface area (Å²) in [6.07, 6.45) is 0. The molecule has 15 heteroatoms. The number of fused-ring (bicyclic) bond motifs is 2. The van der Waals surface area contributed by atoms with Crippen molar-refractivity contribution >= 4 is 73.4 Å². The maximum Gasteiger partial charge on any atom is 1.00 e. The van der Waals surface area contributed by atoms with Crippen molar-refractivity contribution in [3.05, 3.63) is 68.2 Å². The molecule has 0 saturated carbocycles. The van der Waals surface area contributed by atoms with Gasteiger partial charge in [-0.15, -0.1) is 22.7 Å². The van der Waals surface area contributed by atoms with Crippen molar-refractivity contribution < 1.29 is 38.5 Å². The van der Waals surface area contributed by atoms with Gasteiger partial charge < -0.3 is 37.1 Å². The quantitative estimate of drug-likeness (QED) is 0.220. The van der Waals surface area contributed by atoms with Gasteiger partial charge in [-0.3, -0.25) is 0 Å². The summed E-state index contributed by atoms with van der Waals surface area (Å²) in [6, 6.07) is 14.0. The van der Waals surface area contributed by atoms with Gasteiger partial charge in [0, 0.05) is 9.40 Å². The Bertz CT molecular complexity index is 1320. The molecule has 168 valence electrons. The molecule has 0 N–H and O–H groups in total. The predicted octanol–water partition coefficient (Wildman–Crippen LogP) is 4.91. The second-order valence-electron chi connectivity index (χ2n) is 5.82. The molecule has 4 aromatic rings. The summed E-state index contributed by atoms with van der Waals surface area (Å²) in [5.41, 5.74) is 0.149. The van der Waals surface area contributed by atoms with Gasteiger partial charge in [-0.2, -0.15) is 0 Å². The molecule has 0 spiro atoms. The third-order valence-corrected chi connectivity index (χ3v) is 5.99. The van der Waals surface area contributed by atoms with E-state index in [0.29, 0.717) is 10.8 Å². The van der Waals surface area contributed by atoms with Gasteiger partial charge in [0.25, 0.3) is 0 Å². The summed E-state index contributed by atoms with van der Waals surface area (Å²) >= 11 is 2.08. The molecule has 2 aromatic heterocycles. The summed E-state index contributed by atoms with van der Waals surface area (Å²) in [6.45, 7) is 0. The van der Waals surface area contributed by atoms with Crippen molar-refractivity contribution in [2.24, 2.45) is 0 Å². The normalized spacial score (nSPS) is 10.2. The van der Waals surface area contributed by atoms with Crippen LogP contribution < -0.4 is 10.2 Å². The fourth-order valence-corrected chi connectivity index (χ4v) is 4.48. The molecule has 2 aromatic carbocycles. The largest absolute Gasteiger partial charge is 1.00 e. The van der Waals surface area contributed by atoms with E-state index in [1.165, 1.54) is 0 Å². The topological polar surface area (TPSA) is 137 Å². The first-order valence-electron chi connectivity index (χ1n) is 8.51. The number of benzene rings is 2. The van der Waals surface area contributed by atoms with Crippen molar-refractivity contribution in [3.8, 4) is 0 Å². The Kier molecular flexibility index (Phi) is 8.01. The fourth-order valence-electron chi connectivity index (χ4n) is 2.54. The van der Waals surface area contributed by atoms with Crippen LogP contribution in [0.25, 0.3) is 30.1 Å². The van der Waals surface area contributed by atoms with Gasteiger partial charge in [0.1, 0.15) is 9.75 Å². The van der Waals surface area contributed by atoms with E-state index in [4.69, 9.17) is 10.8 Å². The molecule has 0 saturated heterocycles. The van der Waals surface area contributed by atoms with E-state index in [9.17, 15) is 37.1 Å². The molecule has 0 radical (unpaired) electrons. The molecule has 2 heterocycles. The molecule has 4 rings (SSSR count). The Balaban J connectivity index is 0.000000278. The van der Waals surface area contributed by atoms with Crippen LogP contribution in [0.15, 0.2) is 48.5 Å². The number of hydrogen-bond acceptors (Lipinski definition) is 8. The molecule has 8 nitrogen and oxygen atoms in total. The average molecular weight is 496 g/mol. The molecule has 0 bridgehead atoms. The molecule has 0 aliphatic heterocycles. The standard InChI is InChI=1S/2C9H4N2O2S.BF4/c2*10-11-7-5-3-1-2-4-6(5)14-8(7)9(12)13;2-1(3,4)5/h2*1-4H;/q;;-1/p+1. The van der Waals surface area contributed by atoms with E-state index < -0.39 is 19.2 Å². The number of halogens is 4. The Hall–Kier alpha value is -4.08. The van der Waals surface area contributed by atoms with Crippen molar-refractivity contribution in [1.29, 1.82) is 10.8 Å². The summed E-state index contributed by atoms with van der Waals surface area (Å²) in [7, 11) is -6.00. The lowest BCUT2D eigenvalue weighted by Gasteiger charge is -1.94.